The van der Waals surface area contributed by atoms with Gasteiger partial charge in [-0.3, -0.25) is 18.6 Å². The number of anilines is 2. The lowest BCUT2D eigenvalue weighted by molar-refractivity contribution is -0.117. The number of sulfonamides is 1. The number of imidazole rings is 1. The zero-order valence-electron chi connectivity index (χ0n) is 23.8. The Kier molecular flexibility index (Phi) is 6.49. The van der Waals surface area contributed by atoms with Crippen molar-refractivity contribution >= 4 is 44.2 Å². The summed E-state index contributed by atoms with van der Waals surface area (Å²) in [6.45, 7) is 8.20. The van der Waals surface area contributed by atoms with Gasteiger partial charge < -0.3 is 10.2 Å². The highest BCUT2D eigenvalue weighted by molar-refractivity contribution is 7.90. The Labute approximate surface area is 242 Å². The van der Waals surface area contributed by atoms with E-state index < -0.39 is 22.0 Å². The van der Waals surface area contributed by atoms with Gasteiger partial charge in [-0.15, -0.1) is 0 Å². The van der Waals surface area contributed by atoms with Crippen LogP contribution in [0.4, 0.5) is 11.6 Å². The van der Waals surface area contributed by atoms with Crippen LogP contribution >= 0.6 is 0 Å². The smallest absolute Gasteiger partial charge is 0.283 e. The third-order valence-corrected chi connectivity index (χ3v) is 8.79. The molecule has 13 heteroatoms. The van der Waals surface area contributed by atoms with E-state index in [-0.39, 0.29) is 22.1 Å². The van der Waals surface area contributed by atoms with Gasteiger partial charge in [0.05, 0.1) is 22.6 Å². The number of fused-ring (bicyclic) bond motifs is 3. The zero-order chi connectivity index (χ0) is 29.9. The molecule has 5 aromatic rings. The fourth-order valence-electron chi connectivity index (χ4n) is 5.51. The van der Waals surface area contributed by atoms with Gasteiger partial charge in [0, 0.05) is 51.2 Å². The summed E-state index contributed by atoms with van der Waals surface area (Å²) < 4.78 is 31.3. The molecule has 0 spiro atoms. The normalized spacial score (nSPS) is 13.9. The number of amides is 1. The number of carbonyl (C=O) groups excluding carboxylic acids is 1. The van der Waals surface area contributed by atoms with Gasteiger partial charge in [0.15, 0.2) is 0 Å². The third kappa shape index (κ3) is 4.75. The molecule has 1 amide bonds. The third-order valence-electron chi connectivity index (χ3n) is 7.42. The molecule has 3 aromatic heterocycles. The highest BCUT2D eigenvalue weighted by atomic mass is 32.2. The first-order chi connectivity index (χ1) is 19.9. The molecule has 216 valence electrons. The van der Waals surface area contributed by atoms with E-state index >= 15 is 0 Å². The van der Waals surface area contributed by atoms with E-state index in [1.165, 1.54) is 22.9 Å². The Bertz CT molecular complexity index is 2080. The summed E-state index contributed by atoms with van der Waals surface area (Å²) in [7, 11) is -2.57. The van der Waals surface area contributed by atoms with Gasteiger partial charge in [-0.05, 0) is 43.5 Å². The Hall–Kier alpha value is -4.78. The second kappa shape index (κ2) is 9.94. The SMILES string of the molecule is CC(=O)NS(=O)(=O)c1nc2nccn2cc1N[C@H](C)c1cc(C)cc2c(=O)n(C)c(N3Cc4ccc(C)cc4C3)nc12. The molecule has 1 aliphatic heterocycles. The Morgan fingerprint density at radius 2 is 1.81 bits per heavy atom. The zero-order valence-corrected chi connectivity index (χ0v) is 24.7. The number of benzene rings is 2. The van der Waals surface area contributed by atoms with Gasteiger partial charge in [-0.1, -0.05) is 29.8 Å². The molecule has 0 radical (unpaired) electrons. The van der Waals surface area contributed by atoms with E-state index in [0.717, 1.165) is 12.5 Å². The van der Waals surface area contributed by atoms with Crippen molar-refractivity contribution in [3.05, 3.63) is 87.1 Å². The van der Waals surface area contributed by atoms with Crippen LogP contribution in [0.3, 0.4) is 0 Å². The predicted octanol–water partition coefficient (Wildman–Crippen LogP) is 3.11. The number of hydrogen-bond acceptors (Lipinski definition) is 9. The summed E-state index contributed by atoms with van der Waals surface area (Å²) in [6.07, 6.45) is 4.69. The van der Waals surface area contributed by atoms with Crippen molar-refractivity contribution in [2.24, 2.45) is 7.05 Å². The van der Waals surface area contributed by atoms with Crippen molar-refractivity contribution in [1.82, 2.24) is 28.6 Å². The second-order valence-electron chi connectivity index (χ2n) is 10.8. The van der Waals surface area contributed by atoms with Gasteiger partial charge in [0.2, 0.25) is 22.7 Å². The van der Waals surface area contributed by atoms with Gasteiger partial charge in [-0.25, -0.2) is 14.7 Å². The number of nitrogens with one attached hydrogen (secondary N) is 2. The largest absolute Gasteiger partial charge is 0.375 e. The molecule has 1 atom stereocenters. The summed E-state index contributed by atoms with van der Waals surface area (Å²) in [6, 6.07) is 9.60. The van der Waals surface area contributed by atoms with Crippen LogP contribution in [0.1, 0.15) is 47.7 Å². The van der Waals surface area contributed by atoms with E-state index in [1.807, 2.05) is 30.7 Å². The summed E-state index contributed by atoms with van der Waals surface area (Å²) in [5.74, 6) is -0.0284. The topological polar surface area (TPSA) is 144 Å². The van der Waals surface area contributed by atoms with Gasteiger partial charge in [-0.2, -0.15) is 13.4 Å². The van der Waals surface area contributed by atoms with Crippen molar-refractivity contribution in [2.45, 2.75) is 51.9 Å². The first-order valence-electron chi connectivity index (χ1n) is 13.4. The van der Waals surface area contributed by atoms with E-state index in [9.17, 15) is 18.0 Å². The van der Waals surface area contributed by atoms with Crippen molar-refractivity contribution in [3.63, 3.8) is 0 Å². The maximum Gasteiger partial charge on any atom is 0.283 e. The first kappa shape index (κ1) is 27.4. The number of hydrogen-bond donors (Lipinski definition) is 2. The van der Waals surface area contributed by atoms with Gasteiger partial charge >= 0.3 is 0 Å². The molecule has 2 aromatic carbocycles. The average molecular weight is 587 g/mol. The summed E-state index contributed by atoms with van der Waals surface area (Å²) in [5.41, 5.74) is 5.66. The molecule has 0 bridgehead atoms. The minimum atomic E-state index is -4.30. The van der Waals surface area contributed by atoms with Crippen LogP contribution in [0.15, 0.2) is 58.7 Å². The lowest BCUT2D eigenvalue weighted by Crippen LogP contribution is -2.30. The van der Waals surface area contributed by atoms with E-state index in [4.69, 9.17) is 4.98 Å². The minimum absolute atomic E-state index is 0.158. The highest BCUT2D eigenvalue weighted by Gasteiger charge is 2.27. The van der Waals surface area contributed by atoms with E-state index in [2.05, 4.69) is 45.3 Å². The monoisotopic (exact) mass is 586 g/mol. The second-order valence-corrected chi connectivity index (χ2v) is 12.4. The van der Waals surface area contributed by atoms with Crippen LogP contribution in [0.5, 0.6) is 0 Å². The molecular weight excluding hydrogens is 556 g/mol. The average Bonchev–Trinajstić information content (AvgIpc) is 3.55. The summed E-state index contributed by atoms with van der Waals surface area (Å²) in [5, 5.41) is 3.35. The molecule has 0 saturated heterocycles. The number of aromatic nitrogens is 5. The van der Waals surface area contributed by atoms with Crippen LogP contribution in [0.2, 0.25) is 0 Å². The van der Waals surface area contributed by atoms with Crippen LogP contribution in [0.25, 0.3) is 16.7 Å². The summed E-state index contributed by atoms with van der Waals surface area (Å²) >= 11 is 0. The molecule has 1 aliphatic rings. The fourth-order valence-corrected chi connectivity index (χ4v) is 6.59. The van der Waals surface area contributed by atoms with Crippen molar-refractivity contribution in [3.8, 4) is 0 Å². The molecule has 12 nitrogen and oxygen atoms in total. The number of aryl methyl sites for hydroxylation is 2. The Balaban J connectivity index is 1.45. The molecule has 2 N–H and O–H groups in total. The van der Waals surface area contributed by atoms with Crippen molar-refractivity contribution in [1.29, 1.82) is 0 Å². The molecule has 0 saturated carbocycles. The van der Waals surface area contributed by atoms with E-state index in [0.29, 0.717) is 35.5 Å². The molecule has 6 rings (SSSR count). The van der Waals surface area contributed by atoms with Crippen LogP contribution in [-0.4, -0.2) is 38.2 Å². The Morgan fingerprint density at radius 3 is 2.57 bits per heavy atom. The molecule has 0 fully saturated rings. The molecule has 4 heterocycles. The Morgan fingerprint density at radius 1 is 1.05 bits per heavy atom. The standard InChI is InChI=1S/C29H30N8O4S/c1-16-6-7-20-13-37(14-21(20)10-16)29-32-25-22(11-17(2)12-23(25)27(39)35(29)5)18(3)31-24-15-36-9-8-30-28(36)33-26(24)42(40,41)34-19(4)38/h6-12,15,18,31H,13-14H2,1-5H3,(H,34,38)/t18-/m1/s1. The molecule has 42 heavy (non-hydrogen) atoms. The van der Waals surface area contributed by atoms with Crippen LogP contribution in [0, 0.1) is 13.8 Å². The molecule has 0 unspecified atom stereocenters. The van der Waals surface area contributed by atoms with Crippen LogP contribution in [-0.2, 0) is 35.0 Å². The van der Waals surface area contributed by atoms with Crippen molar-refractivity contribution in [2.75, 3.05) is 10.2 Å². The summed E-state index contributed by atoms with van der Waals surface area (Å²) in [4.78, 5) is 40.7. The lowest BCUT2D eigenvalue weighted by Gasteiger charge is -2.23. The molecular formula is C29H30N8O4S. The predicted molar refractivity (Wildman–Crippen MR) is 159 cm³/mol. The van der Waals surface area contributed by atoms with Gasteiger partial charge in [0.1, 0.15) is 0 Å². The van der Waals surface area contributed by atoms with Gasteiger partial charge in [0.25, 0.3) is 15.6 Å². The lowest BCUT2D eigenvalue weighted by atomic mass is 10.0. The van der Waals surface area contributed by atoms with Crippen molar-refractivity contribution < 1.29 is 13.2 Å². The van der Waals surface area contributed by atoms with Crippen LogP contribution < -0.4 is 20.5 Å². The quantitative estimate of drug-likeness (QED) is 0.287. The fraction of sp³-hybridized carbons (Fsp3) is 0.276. The maximum absolute atomic E-state index is 13.7. The first-order valence-corrected chi connectivity index (χ1v) is 14.9. The molecule has 0 aliphatic carbocycles. The highest BCUT2D eigenvalue weighted by Crippen LogP contribution is 2.32. The minimum Gasteiger partial charge on any atom is -0.375 e. The number of carbonyl (C=O) groups is 1. The number of rotatable bonds is 6. The maximum atomic E-state index is 13.7. The number of nitrogens with zero attached hydrogens (tertiary/aromatic N) is 6. The van der Waals surface area contributed by atoms with E-state index in [1.54, 1.807) is 28.4 Å².